The monoisotopic (exact) mass is 246 g/mol. The molecule has 0 aliphatic rings. The topological polar surface area (TPSA) is 0 Å². The largest absolute Gasteiger partial charge is 0.132 e. The van der Waals surface area contributed by atoms with Crippen LogP contribution < -0.4 is 0 Å². The quantitative estimate of drug-likeness (QED) is 0.274. The molecule has 1 heteroatoms. The molecule has 0 aliphatic heterocycles. The van der Waals surface area contributed by atoms with Crippen molar-refractivity contribution in [3.8, 4) is 23.3 Å². The lowest BCUT2D eigenvalue weighted by atomic mass is 10.2. The molecule has 0 heterocycles. The molecule has 0 saturated carbocycles. The molecule has 0 radical (unpaired) electrons. The van der Waals surface area contributed by atoms with Crippen molar-refractivity contribution in [3.05, 3.63) is 12.7 Å². The molecule has 0 atom stereocenters. The van der Waals surface area contributed by atoms with Crippen molar-refractivity contribution >= 4 is 8.07 Å². The van der Waals surface area contributed by atoms with Crippen LogP contribution in [0.5, 0.6) is 0 Å². The van der Waals surface area contributed by atoms with Crippen molar-refractivity contribution in [2.75, 3.05) is 0 Å². The molecule has 94 valence electrons. The van der Waals surface area contributed by atoms with E-state index in [-0.39, 0.29) is 0 Å². The molecule has 0 amide bonds. The van der Waals surface area contributed by atoms with Gasteiger partial charge < -0.3 is 0 Å². The van der Waals surface area contributed by atoms with E-state index in [0.29, 0.717) is 0 Å². The molecule has 0 aromatic carbocycles. The summed E-state index contributed by atoms with van der Waals surface area (Å²) in [7, 11) is -1.15. The summed E-state index contributed by atoms with van der Waals surface area (Å²) >= 11 is 0. The smallest absolute Gasteiger partial charge is 0.129 e. The van der Waals surface area contributed by atoms with E-state index < -0.39 is 8.07 Å². The maximum Gasteiger partial charge on any atom is 0.129 e. The Bertz CT molecular complexity index is 311. The van der Waals surface area contributed by atoms with Gasteiger partial charge in [-0.1, -0.05) is 25.7 Å². The Morgan fingerprint density at radius 2 is 1.41 bits per heavy atom. The van der Waals surface area contributed by atoms with Gasteiger partial charge >= 0.3 is 0 Å². The maximum atomic E-state index is 3.70. The van der Waals surface area contributed by atoms with Crippen LogP contribution in [0.1, 0.15) is 44.9 Å². The molecular formula is C16H26Si. The number of hydrogen-bond donors (Lipinski definition) is 0. The lowest BCUT2D eigenvalue weighted by molar-refractivity contribution is 0.781. The van der Waals surface area contributed by atoms with E-state index in [2.05, 4.69) is 49.5 Å². The van der Waals surface area contributed by atoms with Gasteiger partial charge in [-0.25, -0.2) is 0 Å². The van der Waals surface area contributed by atoms with Crippen molar-refractivity contribution in [3.63, 3.8) is 0 Å². The highest BCUT2D eigenvalue weighted by Crippen LogP contribution is 2.01. The van der Waals surface area contributed by atoms with Gasteiger partial charge in [0.05, 0.1) is 0 Å². The van der Waals surface area contributed by atoms with Crippen molar-refractivity contribution in [2.45, 2.75) is 64.6 Å². The third-order valence-corrected chi connectivity index (χ3v) is 3.08. The molecule has 0 rings (SSSR count). The summed E-state index contributed by atoms with van der Waals surface area (Å²) in [6.45, 7) is 10.6. The second kappa shape index (κ2) is 10.2. The molecule has 0 aromatic heterocycles. The molecule has 0 aliphatic carbocycles. The van der Waals surface area contributed by atoms with Gasteiger partial charge in [-0.2, -0.15) is 0 Å². The van der Waals surface area contributed by atoms with Crippen LogP contribution in [0, 0.1) is 23.3 Å². The first-order chi connectivity index (χ1) is 8.06. The van der Waals surface area contributed by atoms with E-state index >= 15 is 0 Å². The summed E-state index contributed by atoms with van der Waals surface area (Å²) in [5, 5.41) is 0. The van der Waals surface area contributed by atoms with Crippen molar-refractivity contribution in [2.24, 2.45) is 0 Å². The molecule has 0 nitrogen and oxygen atoms in total. The third kappa shape index (κ3) is 15.1. The number of allylic oxidation sites excluding steroid dienone is 1. The first-order valence-electron chi connectivity index (χ1n) is 6.63. The average Bonchev–Trinajstić information content (AvgIpc) is 2.24. The highest BCUT2D eigenvalue weighted by molar-refractivity contribution is 6.83. The summed E-state index contributed by atoms with van der Waals surface area (Å²) in [6.07, 6.45) is 9.66. The standard InChI is InChI=1S/C16H26Si/c1-5-6-7-8-9-10-11-12-13-14-15-16-17(2,3)4/h5H,1,6-8,11-14H2,2-4H3. The minimum atomic E-state index is -1.15. The zero-order valence-electron chi connectivity index (χ0n) is 11.7. The van der Waals surface area contributed by atoms with Gasteiger partial charge in [0.15, 0.2) is 0 Å². The van der Waals surface area contributed by atoms with E-state index in [9.17, 15) is 0 Å². The van der Waals surface area contributed by atoms with Gasteiger partial charge in [-0.15, -0.1) is 29.9 Å². The minimum Gasteiger partial charge on any atom is -0.132 e. The Kier molecular flexibility index (Phi) is 9.69. The first kappa shape index (κ1) is 16.1. The minimum absolute atomic E-state index is 1.02. The van der Waals surface area contributed by atoms with Crippen LogP contribution in [0.4, 0.5) is 0 Å². The van der Waals surface area contributed by atoms with Gasteiger partial charge in [0, 0.05) is 19.3 Å². The number of hydrogen-bond acceptors (Lipinski definition) is 0. The molecule has 0 spiro atoms. The van der Waals surface area contributed by atoms with Gasteiger partial charge in [-0.05, 0) is 25.7 Å². The molecule has 0 saturated heterocycles. The third-order valence-electron chi connectivity index (χ3n) is 2.15. The SMILES string of the molecule is C=CCCCC#CCCCCC#C[Si](C)(C)C. The zero-order chi connectivity index (χ0) is 13.0. The van der Waals surface area contributed by atoms with Crippen LogP contribution in [-0.4, -0.2) is 8.07 Å². The summed E-state index contributed by atoms with van der Waals surface area (Å²) in [5.41, 5.74) is 3.39. The van der Waals surface area contributed by atoms with Gasteiger partial charge in [0.25, 0.3) is 0 Å². The second-order valence-corrected chi connectivity index (χ2v) is 10.0. The van der Waals surface area contributed by atoms with E-state index in [1.807, 2.05) is 6.08 Å². The summed E-state index contributed by atoms with van der Waals surface area (Å²) in [6, 6.07) is 0. The maximum absolute atomic E-state index is 3.70. The van der Waals surface area contributed by atoms with Crippen LogP contribution in [0.25, 0.3) is 0 Å². The van der Waals surface area contributed by atoms with Crippen LogP contribution in [0.15, 0.2) is 12.7 Å². The molecule has 17 heavy (non-hydrogen) atoms. The highest BCUT2D eigenvalue weighted by atomic mass is 28.3. The molecule has 0 unspecified atom stereocenters. The zero-order valence-corrected chi connectivity index (χ0v) is 12.7. The molecule has 0 N–H and O–H groups in total. The number of unbranched alkanes of at least 4 members (excludes halogenated alkanes) is 5. The summed E-state index contributed by atoms with van der Waals surface area (Å²) in [5.74, 6) is 9.73. The van der Waals surface area contributed by atoms with E-state index in [1.54, 1.807) is 0 Å². The van der Waals surface area contributed by atoms with Crippen LogP contribution >= 0.6 is 0 Å². The molecule has 0 bridgehead atoms. The lowest BCUT2D eigenvalue weighted by Crippen LogP contribution is -2.16. The van der Waals surface area contributed by atoms with Gasteiger partial charge in [0.2, 0.25) is 0 Å². The Morgan fingerprint density at radius 1 is 0.882 bits per heavy atom. The Labute approximate surface area is 109 Å². The van der Waals surface area contributed by atoms with Gasteiger partial charge in [0.1, 0.15) is 8.07 Å². The Balaban J connectivity index is 3.39. The normalized spacial score (nSPS) is 9.82. The predicted molar refractivity (Wildman–Crippen MR) is 81.4 cm³/mol. The van der Waals surface area contributed by atoms with E-state index in [1.165, 1.54) is 12.8 Å². The predicted octanol–water partition coefficient (Wildman–Crippen LogP) is 4.79. The summed E-state index contributed by atoms with van der Waals surface area (Å²) < 4.78 is 0. The highest BCUT2D eigenvalue weighted by Gasteiger charge is 2.06. The molecule has 0 fully saturated rings. The Hall–Kier alpha value is -0.923. The van der Waals surface area contributed by atoms with Crippen LogP contribution in [0.2, 0.25) is 19.6 Å². The first-order valence-corrected chi connectivity index (χ1v) is 10.1. The van der Waals surface area contributed by atoms with Crippen molar-refractivity contribution < 1.29 is 0 Å². The summed E-state index contributed by atoms with van der Waals surface area (Å²) in [4.78, 5) is 0. The average molecular weight is 246 g/mol. The van der Waals surface area contributed by atoms with E-state index in [0.717, 1.165) is 32.1 Å². The van der Waals surface area contributed by atoms with E-state index in [4.69, 9.17) is 0 Å². The lowest BCUT2D eigenvalue weighted by Gasteiger charge is -2.02. The van der Waals surface area contributed by atoms with Gasteiger partial charge in [-0.3, -0.25) is 0 Å². The molecule has 0 aromatic rings. The van der Waals surface area contributed by atoms with Crippen molar-refractivity contribution in [1.82, 2.24) is 0 Å². The van der Waals surface area contributed by atoms with Crippen LogP contribution in [0.3, 0.4) is 0 Å². The molecular weight excluding hydrogens is 220 g/mol. The van der Waals surface area contributed by atoms with Crippen molar-refractivity contribution in [1.29, 1.82) is 0 Å². The fourth-order valence-corrected chi connectivity index (χ4v) is 1.92. The fraction of sp³-hybridized carbons (Fsp3) is 0.625. The second-order valence-electron chi connectivity index (χ2n) is 5.29. The Morgan fingerprint density at radius 3 is 1.94 bits per heavy atom. The van der Waals surface area contributed by atoms with Crippen LogP contribution in [-0.2, 0) is 0 Å². The fourth-order valence-electron chi connectivity index (χ4n) is 1.27. The number of rotatable bonds is 6.